The Balaban J connectivity index is 2.85. The van der Waals surface area contributed by atoms with E-state index in [-0.39, 0.29) is 11.6 Å². The predicted octanol–water partition coefficient (Wildman–Crippen LogP) is 3.24. The van der Waals surface area contributed by atoms with Gasteiger partial charge in [0.25, 0.3) is 0 Å². The van der Waals surface area contributed by atoms with Crippen LogP contribution in [0.15, 0.2) is 36.0 Å². The Morgan fingerprint density at radius 1 is 1.56 bits per heavy atom. The van der Waals surface area contributed by atoms with Gasteiger partial charge in [-0.2, -0.15) is 0 Å². The third-order valence-electron chi connectivity index (χ3n) is 2.57. The fraction of sp³-hybridized carbons (Fsp3) is 0.167. The molecule has 4 nitrogen and oxygen atoms in total. The first-order valence-corrected chi connectivity index (χ1v) is 4.95. The van der Waals surface area contributed by atoms with Gasteiger partial charge in [-0.3, -0.25) is 0 Å². The molecule has 82 valence electrons. The molecule has 0 saturated heterocycles. The zero-order valence-corrected chi connectivity index (χ0v) is 8.97. The predicted molar refractivity (Wildman–Crippen MR) is 64.0 cm³/mol. The second-order valence-corrected chi connectivity index (χ2v) is 3.68. The number of aromatic nitrogens is 1. The van der Waals surface area contributed by atoms with Gasteiger partial charge in [-0.05, 0) is 23.7 Å². The van der Waals surface area contributed by atoms with Crippen molar-refractivity contribution in [2.45, 2.75) is 13.5 Å². The van der Waals surface area contributed by atoms with Gasteiger partial charge in [0.1, 0.15) is 0 Å². The highest BCUT2D eigenvalue weighted by molar-refractivity contribution is 5.95. The summed E-state index contributed by atoms with van der Waals surface area (Å²) in [5.74, 6) is -0.101. The zero-order chi connectivity index (χ0) is 11.7. The lowest BCUT2D eigenvalue weighted by atomic mass is 10.2. The fourth-order valence-electron chi connectivity index (χ4n) is 1.83. The molecular weight excluding hydrogens is 204 g/mol. The van der Waals surface area contributed by atoms with Crippen LogP contribution >= 0.6 is 0 Å². The Morgan fingerprint density at radius 3 is 2.94 bits per heavy atom. The van der Waals surface area contributed by atoms with Gasteiger partial charge in [0.2, 0.25) is 5.88 Å². The number of hydrogen-bond donors (Lipinski definition) is 1. The van der Waals surface area contributed by atoms with E-state index in [9.17, 15) is 10.0 Å². The second-order valence-electron chi connectivity index (χ2n) is 3.68. The van der Waals surface area contributed by atoms with Crippen LogP contribution in [0.2, 0.25) is 0 Å². The topological polar surface area (TPSA) is 54.6 Å². The number of allylic oxidation sites excluding steroid dienone is 1. The van der Waals surface area contributed by atoms with E-state index in [0.717, 1.165) is 11.1 Å². The van der Waals surface area contributed by atoms with Crippen molar-refractivity contribution in [3.8, 4) is 5.88 Å². The van der Waals surface area contributed by atoms with E-state index in [4.69, 9.17) is 0 Å². The minimum absolute atomic E-state index is 0.0943. The molecule has 0 saturated carbocycles. The SMILES string of the molecule is C=CCn1c(O)c(N=O)c2ccc(C)cc21. The molecule has 0 atom stereocenters. The molecule has 4 heteroatoms. The molecule has 0 aliphatic carbocycles. The van der Waals surface area contributed by atoms with Crippen LogP contribution in [0, 0.1) is 11.8 Å². The van der Waals surface area contributed by atoms with Crippen molar-refractivity contribution in [3.63, 3.8) is 0 Å². The maximum absolute atomic E-state index is 10.7. The summed E-state index contributed by atoms with van der Waals surface area (Å²) in [5.41, 5.74) is 1.96. The number of hydrogen-bond acceptors (Lipinski definition) is 3. The van der Waals surface area contributed by atoms with Gasteiger partial charge in [-0.25, -0.2) is 0 Å². The molecule has 2 rings (SSSR count). The lowest BCUT2D eigenvalue weighted by Gasteiger charge is -2.02. The Bertz CT molecular complexity index is 570. The molecule has 0 unspecified atom stereocenters. The maximum atomic E-state index is 10.7. The van der Waals surface area contributed by atoms with Crippen LogP contribution in [0.3, 0.4) is 0 Å². The summed E-state index contributed by atoms with van der Waals surface area (Å²) in [6.07, 6.45) is 1.66. The van der Waals surface area contributed by atoms with Gasteiger partial charge < -0.3 is 9.67 Å². The molecule has 2 aromatic rings. The summed E-state index contributed by atoms with van der Waals surface area (Å²) in [5, 5.41) is 13.4. The van der Waals surface area contributed by atoms with Crippen LogP contribution in [0.5, 0.6) is 5.88 Å². The lowest BCUT2D eigenvalue weighted by molar-refractivity contribution is 0.431. The Morgan fingerprint density at radius 2 is 2.31 bits per heavy atom. The third kappa shape index (κ3) is 1.39. The van der Waals surface area contributed by atoms with Crippen LogP contribution < -0.4 is 0 Å². The van der Waals surface area contributed by atoms with Crippen molar-refractivity contribution in [1.29, 1.82) is 0 Å². The van der Waals surface area contributed by atoms with Gasteiger partial charge in [-0.1, -0.05) is 18.2 Å². The number of aryl methyl sites for hydroxylation is 1. The molecule has 0 aliphatic heterocycles. The first kappa shape index (κ1) is 10.4. The van der Waals surface area contributed by atoms with Crippen LogP contribution in [0.4, 0.5) is 5.69 Å². The number of benzene rings is 1. The average molecular weight is 216 g/mol. The van der Waals surface area contributed by atoms with E-state index >= 15 is 0 Å². The van der Waals surface area contributed by atoms with E-state index in [1.165, 1.54) is 0 Å². The maximum Gasteiger partial charge on any atom is 0.222 e. The average Bonchev–Trinajstić information content (AvgIpc) is 2.52. The molecule has 0 spiro atoms. The standard InChI is InChI=1S/C12H12N2O2/c1-3-6-14-10-7-8(2)4-5-9(10)11(13-16)12(14)15/h3-5,7,15H,1,6H2,2H3. The number of rotatable bonds is 3. The van der Waals surface area contributed by atoms with Gasteiger partial charge in [0, 0.05) is 11.9 Å². The first-order chi connectivity index (χ1) is 7.69. The summed E-state index contributed by atoms with van der Waals surface area (Å²) in [7, 11) is 0. The number of nitrogens with zero attached hydrogens (tertiary/aromatic N) is 2. The van der Waals surface area contributed by atoms with Gasteiger partial charge >= 0.3 is 0 Å². The number of aromatic hydroxyl groups is 1. The highest BCUT2D eigenvalue weighted by Crippen LogP contribution is 2.38. The van der Waals surface area contributed by atoms with E-state index in [1.54, 1.807) is 16.7 Å². The van der Waals surface area contributed by atoms with E-state index in [2.05, 4.69) is 11.8 Å². The van der Waals surface area contributed by atoms with Gasteiger partial charge in [0.15, 0.2) is 5.69 Å². The molecular formula is C12H12N2O2. The number of nitroso groups, excluding NO2 is 1. The quantitative estimate of drug-likeness (QED) is 0.632. The third-order valence-corrected chi connectivity index (χ3v) is 2.57. The van der Waals surface area contributed by atoms with Crippen molar-refractivity contribution in [2.24, 2.45) is 5.18 Å². The van der Waals surface area contributed by atoms with Crippen LogP contribution in [-0.4, -0.2) is 9.67 Å². The first-order valence-electron chi connectivity index (χ1n) is 4.95. The summed E-state index contributed by atoms with van der Waals surface area (Å²) < 4.78 is 1.62. The second kappa shape index (κ2) is 3.81. The molecule has 0 radical (unpaired) electrons. The summed E-state index contributed by atoms with van der Waals surface area (Å²) in [4.78, 5) is 10.7. The summed E-state index contributed by atoms with van der Waals surface area (Å²) in [6.45, 7) is 6.02. The van der Waals surface area contributed by atoms with Crippen molar-refractivity contribution in [1.82, 2.24) is 4.57 Å². The molecule has 1 aromatic carbocycles. The molecule has 0 amide bonds. The summed E-state index contributed by atoms with van der Waals surface area (Å²) in [6, 6.07) is 5.59. The van der Waals surface area contributed by atoms with Crippen molar-refractivity contribution < 1.29 is 5.11 Å². The molecule has 0 aliphatic rings. The van der Waals surface area contributed by atoms with Crippen LogP contribution in [0.25, 0.3) is 10.9 Å². The lowest BCUT2D eigenvalue weighted by Crippen LogP contribution is -1.93. The highest BCUT2D eigenvalue weighted by Gasteiger charge is 2.16. The summed E-state index contributed by atoms with van der Waals surface area (Å²) >= 11 is 0. The van der Waals surface area contributed by atoms with Crippen molar-refractivity contribution in [2.75, 3.05) is 0 Å². The minimum Gasteiger partial charge on any atom is -0.493 e. The van der Waals surface area contributed by atoms with Crippen LogP contribution in [-0.2, 0) is 6.54 Å². The number of fused-ring (bicyclic) bond motifs is 1. The molecule has 1 N–H and O–H groups in total. The minimum atomic E-state index is -0.101. The Hall–Kier alpha value is -2.10. The van der Waals surface area contributed by atoms with E-state index in [0.29, 0.717) is 11.9 Å². The van der Waals surface area contributed by atoms with Crippen molar-refractivity contribution in [3.05, 3.63) is 41.3 Å². The molecule has 1 aromatic heterocycles. The monoisotopic (exact) mass is 216 g/mol. The fourth-order valence-corrected chi connectivity index (χ4v) is 1.83. The van der Waals surface area contributed by atoms with E-state index in [1.807, 2.05) is 19.1 Å². The largest absolute Gasteiger partial charge is 0.493 e. The molecule has 0 fully saturated rings. The zero-order valence-electron chi connectivity index (χ0n) is 8.97. The molecule has 0 bridgehead atoms. The van der Waals surface area contributed by atoms with Gasteiger partial charge in [0.05, 0.1) is 5.52 Å². The Labute approximate surface area is 92.8 Å². The van der Waals surface area contributed by atoms with Crippen molar-refractivity contribution >= 4 is 16.6 Å². The van der Waals surface area contributed by atoms with Gasteiger partial charge in [-0.15, -0.1) is 11.5 Å². The molecule has 1 heterocycles. The van der Waals surface area contributed by atoms with Crippen LogP contribution in [0.1, 0.15) is 5.56 Å². The normalized spacial score (nSPS) is 10.6. The Kier molecular flexibility index (Phi) is 2.48. The smallest absolute Gasteiger partial charge is 0.222 e. The van der Waals surface area contributed by atoms with E-state index < -0.39 is 0 Å². The molecule has 16 heavy (non-hydrogen) atoms. The highest BCUT2D eigenvalue weighted by atomic mass is 16.3.